The molecule has 1 aromatic heterocycles. The van der Waals surface area contributed by atoms with Crippen LogP contribution in [0.2, 0.25) is 0 Å². The van der Waals surface area contributed by atoms with Crippen LogP contribution in [0, 0.1) is 5.92 Å². The monoisotopic (exact) mass is 503 g/mol. The Morgan fingerprint density at radius 3 is 2.64 bits per heavy atom. The van der Waals surface area contributed by atoms with Gasteiger partial charge in [-0.25, -0.2) is 0 Å². The van der Waals surface area contributed by atoms with Gasteiger partial charge in [-0.2, -0.15) is 0 Å². The second-order valence-corrected chi connectivity index (χ2v) is 7.31. The normalized spacial score (nSPS) is 18.3. The zero-order valence-electron chi connectivity index (χ0n) is 16.9. The van der Waals surface area contributed by atoms with Crippen LogP contribution in [0.3, 0.4) is 0 Å². The van der Waals surface area contributed by atoms with Crippen LogP contribution in [-0.4, -0.2) is 74.0 Å². The second kappa shape index (κ2) is 12.3. The summed E-state index contributed by atoms with van der Waals surface area (Å²) in [6, 6.07) is 3.90. The lowest BCUT2D eigenvalue weighted by Gasteiger charge is -2.38. The first-order valence-electron chi connectivity index (χ1n) is 10.3. The molecule has 0 bridgehead atoms. The quantitative estimate of drug-likeness (QED) is 0.323. The first-order chi connectivity index (χ1) is 13.3. The lowest BCUT2D eigenvalue weighted by atomic mass is 9.84. The van der Waals surface area contributed by atoms with Crippen LogP contribution < -0.4 is 10.6 Å². The van der Waals surface area contributed by atoms with E-state index in [2.05, 4.69) is 32.3 Å². The molecule has 1 aliphatic heterocycles. The molecule has 1 saturated heterocycles. The van der Waals surface area contributed by atoms with Gasteiger partial charge in [-0.3, -0.25) is 14.7 Å². The Balaban J connectivity index is 0.00000280. The number of furan rings is 1. The van der Waals surface area contributed by atoms with Crippen molar-refractivity contribution in [2.75, 3.05) is 52.4 Å². The number of carbonyl (C=O) groups is 1. The van der Waals surface area contributed by atoms with E-state index in [1.165, 1.54) is 6.42 Å². The van der Waals surface area contributed by atoms with Gasteiger partial charge in [0.2, 0.25) is 5.91 Å². The number of hydrogen-bond acceptors (Lipinski definition) is 4. The summed E-state index contributed by atoms with van der Waals surface area (Å²) < 4.78 is 5.35. The summed E-state index contributed by atoms with van der Waals surface area (Å²) in [6.45, 7) is 9.03. The van der Waals surface area contributed by atoms with Gasteiger partial charge in [-0.05, 0) is 31.9 Å². The average Bonchev–Trinajstić information content (AvgIpc) is 3.14. The molecule has 1 amide bonds. The summed E-state index contributed by atoms with van der Waals surface area (Å²) in [6.07, 6.45) is 5.95. The molecule has 8 heteroatoms. The molecule has 2 aliphatic rings. The van der Waals surface area contributed by atoms with E-state index >= 15 is 0 Å². The van der Waals surface area contributed by atoms with Crippen molar-refractivity contribution >= 4 is 35.8 Å². The van der Waals surface area contributed by atoms with Crippen LogP contribution in [0.4, 0.5) is 0 Å². The van der Waals surface area contributed by atoms with Gasteiger partial charge >= 0.3 is 0 Å². The van der Waals surface area contributed by atoms with Gasteiger partial charge in [0.15, 0.2) is 5.96 Å². The van der Waals surface area contributed by atoms with Gasteiger partial charge in [0.1, 0.15) is 5.76 Å². The molecule has 7 nitrogen and oxygen atoms in total. The Hall–Kier alpha value is -1.29. The first-order valence-corrected chi connectivity index (χ1v) is 10.3. The molecule has 0 radical (unpaired) electrons. The minimum absolute atomic E-state index is 0. The zero-order chi connectivity index (χ0) is 18.9. The van der Waals surface area contributed by atoms with Crippen molar-refractivity contribution in [1.29, 1.82) is 0 Å². The van der Waals surface area contributed by atoms with Gasteiger partial charge in [0, 0.05) is 58.2 Å². The largest absolute Gasteiger partial charge is 0.469 e. The molecular weight excluding hydrogens is 469 g/mol. The van der Waals surface area contributed by atoms with Gasteiger partial charge in [0.25, 0.3) is 0 Å². The van der Waals surface area contributed by atoms with Gasteiger partial charge in [-0.15, -0.1) is 24.0 Å². The average molecular weight is 503 g/mol. The summed E-state index contributed by atoms with van der Waals surface area (Å²) in [5, 5.41) is 6.64. The van der Waals surface area contributed by atoms with Gasteiger partial charge < -0.3 is 20.0 Å². The van der Waals surface area contributed by atoms with Crippen LogP contribution in [0.1, 0.15) is 31.9 Å². The van der Waals surface area contributed by atoms with E-state index in [0.717, 1.165) is 83.3 Å². The van der Waals surface area contributed by atoms with Gasteiger partial charge in [-0.1, -0.05) is 6.42 Å². The molecule has 2 N–H and O–H groups in total. The summed E-state index contributed by atoms with van der Waals surface area (Å²) in [5.41, 5.74) is 0. The molecule has 0 aromatic carbocycles. The van der Waals surface area contributed by atoms with E-state index in [0.29, 0.717) is 11.8 Å². The number of hydrogen-bond donors (Lipinski definition) is 2. The summed E-state index contributed by atoms with van der Waals surface area (Å²) >= 11 is 0. The van der Waals surface area contributed by atoms with Crippen molar-refractivity contribution in [1.82, 2.24) is 20.4 Å². The summed E-state index contributed by atoms with van der Waals surface area (Å²) in [4.78, 5) is 21.4. The first kappa shape index (κ1) is 23.0. The third kappa shape index (κ3) is 6.95. The van der Waals surface area contributed by atoms with E-state index in [1.54, 1.807) is 6.26 Å². The zero-order valence-corrected chi connectivity index (χ0v) is 19.2. The summed E-state index contributed by atoms with van der Waals surface area (Å²) in [5.74, 6) is 2.53. The van der Waals surface area contributed by atoms with E-state index in [-0.39, 0.29) is 24.0 Å². The molecule has 0 unspecified atom stereocenters. The highest BCUT2D eigenvalue weighted by Gasteiger charge is 2.30. The molecule has 2 heterocycles. The number of aliphatic imine (C=N–C) groups is 1. The van der Waals surface area contributed by atoms with Crippen molar-refractivity contribution in [3.63, 3.8) is 0 Å². The molecule has 2 fully saturated rings. The Bertz CT molecular complexity index is 596. The number of nitrogens with zero attached hydrogens (tertiary/aromatic N) is 3. The highest BCUT2D eigenvalue weighted by molar-refractivity contribution is 14.0. The van der Waals surface area contributed by atoms with Crippen molar-refractivity contribution in [3.05, 3.63) is 24.2 Å². The smallest absolute Gasteiger partial charge is 0.225 e. The lowest BCUT2D eigenvalue weighted by Crippen LogP contribution is -2.51. The summed E-state index contributed by atoms with van der Waals surface area (Å²) in [7, 11) is 0. The SMILES string of the molecule is CCNC(=NCCN1CCN(C(=O)C2CCC2)CC1)NCCc1ccco1.I. The number of carbonyl (C=O) groups excluding carboxylic acids is 1. The minimum atomic E-state index is 0. The molecule has 0 spiro atoms. The fourth-order valence-electron chi connectivity index (χ4n) is 3.51. The molecule has 158 valence electrons. The second-order valence-electron chi connectivity index (χ2n) is 7.31. The molecule has 1 aromatic rings. The fourth-order valence-corrected chi connectivity index (χ4v) is 3.51. The van der Waals surface area contributed by atoms with Crippen molar-refractivity contribution in [2.24, 2.45) is 10.9 Å². The van der Waals surface area contributed by atoms with Crippen LogP contribution >= 0.6 is 24.0 Å². The molecule has 28 heavy (non-hydrogen) atoms. The number of piperazine rings is 1. The minimum Gasteiger partial charge on any atom is -0.469 e. The van der Waals surface area contributed by atoms with Gasteiger partial charge in [0.05, 0.1) is 12.8 Å². The topological polar surface area (TPSA) is 73.1 Å². The predicted octanol–water partition coefficient (Wildman–Crippen LogP) is 1.94. The lowest BCUT2D eigenvalue weighted by molar-refractivity contribution is -0.139. The van der Waals surface area contributed by atoms with E-state index in [9.17, 15) is 4.79 Å². The Labute approximate surface area is 185 Å². The number of halogens is 1. The number of amides is 1. The maximum Gasteiger partial charge on any atom is 0.225 e. The molecule has 0 atom stereocenters. The maximum atomic E-state index is 12.3. The Morgan fingerprint density at radius 1 is 1.25 bits per heavy atom. The third-order valence-corrected chi connectivity index (χ3v) is 5.41. The molecular formula is C20H34IN5O2. The molecule has 1 saturated carbocycles. The number of nitrogens with one attached hydrogen (secondary N) is 2. The highest BCUT2D eigenvalue weighted by atomic mass is 127. The molecule has 3 rings (SSSR count). The van der Waals surface area contributed by atoms with Crippen LogP contribution in [0.15, 0.2) is 27.8 Å². The standard InChI is InChI=1S/C20H33N5O2.HI/c1-2-21-20(22-9-8-18-7-4-16-27-18)23-10-11-24-12-14-25(15-13-24)19(26)17-5-3-6-17;/h4,7,16-17H,2-3,5-6,8-15H2,1H3,(H2,21,22,23);1H. The maximum absolute atomic E-state index is 12.3. The van der Waals surface area contributed by atoms with E-state index < -0.39 is 0 Å². The Kier molecular flexibility index (Phi) is 10.1. The Morgan fingerprint density at radius 2 is 2.04 bits per heavy atom. The van der Waals surface area contributed by atoms with E-state index in [1.807, 2.05) is 12.1 Å². The predicted molar refractivity (Wildman–Crippen MR) is 122 cm³/mol. The number of guanidine groups is 1. The third-order valence-electron chi connectivity index (χ3n) is 5.41. The van der Waals surface area contributed by atoms with Crippen molar-refractivity contribution < 1.29 is 9.21 Å². The van der Waals surface area contributed by atoms with E-state index in [4.69, 9.17) is 4.42 Å². The molecule has 1 aliphatic carbocycles. The fraction of sp³-hybridized carbons (Fsp3) is 0.700. The van der Waals surface area contributed by atoms with Crippen molar-refractivity contribution in [2.45, 2.75) is 32.6 Å². The number of rotatable bonds is 8. The van der Waals surface area contributed by atoms with Crippen LogP contribution in [0.5, 0.6) is 0 Å². The van der Waals surface area contributed by atoms with Crippen LogP contribution in [-0.2, 0) is 11.2 Å². The highest BCUT2D eigenvalue weighted by Crippen LogP contribution is 2.28. The van der Waals surface area contributed by atoms with Crippen LogP contribution in [0.25, 0.3) is 0 Å². The van der Waals surface area contributed by atoms with Crippen molar-refractivity contribution in [3.8, 4) is 0 Å².